The first-order valence-electron chi connectivity index (χ1n) is 6.39. The molecule has 1 aliphatic heterocycles. The molecule has 0 aromatic carbocycles. The number of nitrogens with zero attached hydrogens (tertiary/aromatic N) is 1. The molecule has 2 heterocycles. The topological polar surface area (TPSA) is 131 Å². The molecule has 1 saturated heterocycles. The maximum atomic E-state index is 12.8. The van der Waals surface area contributed by atoms with E-state index < -0.39 is 60.2 Å². The molecule has 4 atom stereocenters. The first-order valence-corrected chi connectivity index (χ1v) is 9.83. The summed E-state index contributed by atoms with van der Waals surface area (Å²) in [6.45, 7) is -0.677. The van der Waals surface area contributed by atoms with E-state index in [1.807, 2.05) is 0 Å². The second-order valence-electron chi connectivity index (χ2n) is 4.96. The number of aliphatic hydroxyl groups excluding tert-OH is 2. The molecule has 1 aromatic rings. The number of aromatic nitrogens is 2. The summed E-state index contributed by atoms with van der Waals surface area (Å²) in [5, 5.41) is 19.7. The first kappa shape index (κ1) is 20.4. The van der Waals surface area contributed by atoms with Gasteiger partial charge in [0, 0.05) is 6.20 Å². The summed E-state index contributed by atoms with van der Waals surface area (Å²) >= 11 is 10.3. The van der Waals surface area contributed by atoms with Crippen LogP contribution in [0.25, 0.3) is 0 Å². The number of hydrogen-bond donors (Lipinski definition) is 3. The summed E-state index contributed by atoms with van der Waals surface area (Å²) in [7, 11) is 0. The molecule has 1 aromatic heterocycles. The third-order valence-corrected chi connectivity index (χ3v) is 4.31. The molecule has 2 unspecified atom stereocenters. The van der Waals surface area contributed by atoms with Crippen LogP contribution in [0.2, 0.25) is 0 Å². The van der Waals surface area contributed by atoms with E-state index in [0.29, 0.717) is 0 Å². The van der Waals surface area contributed by atoms with Crippen molar-refractivity contribution in [2.75, 3.05) is 6.61 Å². The van der Waals surface area contributed by atoms with Crippen molar-refractivity contribution < 1.29 is 37.2 Å². The standard InChI is InChI=1S/C10H10Cl2F3N2O7P/c11-25(12,22)23-2-4-5(18)6(19)8(24-4)17-1-3(10(13,14)15)7(20)16-9(17)21/h1,4-6,8,18-19H,2H2,(H,16,20,21)/t4-,5?,6?,8-/m1/s1. The highest BCUT2D eigenvalue weighted by molar-refractivity contribution is 8.05. The molecule has 0 aliphatic carbocycles. The van der Waals surface area contributed by atoms with Gasteiger partial charge in [-0.3, -0.25) is 18.9 Å². The minimum Gasteiger partial charge on any atom is -0.387 e. The Morgan fingerprint density at radius 1 is 1.32 bits per heavy atom. The van der Waals surface area contributed by atoms with E-state index in [4.69, 9.17) is 27.2 Å². The van der Waals surface area contributed by atoms with Crippen LogP contribution in [0.5, 0.6) is 0 Å². The Labute approximate surface area is 145 Å². The van der Waals surface area contributed by atoms with Crippen LogP contribution >= 0.6 is 28.6 Å². The molecule has 0 spiro atoms. The maximum Gasteiger partial charge on any atom is 0.423 e. The number of alkyl halides is 3. The minimum atomic E-state index is -5.07. The van der Waals surface area contributed by atoms with E-state index in [9.17, 15) is 37.5 Å². The highest BCUT2D eigenvalue weighted by Crippen LogP contribution is 2.57. The fraction of sp³-hybridized carbons (Fsp3) is 0.600. The number of nitrogens with one attached hydrogen (secondary N) is 1. The molecule has 1 fully saturated rings. The van der Waals surface area contributed by atoms with E-state index in [0.717, 1.165) is 0 Å². The number of ether oxygens (including phenoxy) is 1. The fourth-order valence-corrected chi connectivity index (χ4v) is 2.79. The Hall–Kier alpha value is -0.880. The molecule has 1 aliphatic rings. The van der Waals surface area contributed by atoms with Crippen molar-refractivity contribution in [1.82, 2.24) is 9.55 Å². The number of aromatic amines is 1. The highest BCUT2D eigenvalue weighted by atomic mass is 35.9. The van der Waals surface area contributed by atoms with Crippen LogP contribution in [0.1, 0.15) is 11.8 Å². The molecule has 0 amide bonds. The highest BCUT2D eigenvalue weighted by Gasteiger charge is 2.46. The van der Waals surface area contributed by atoms with Crippen molar-refractivity contribution in [3.8, 4) is 0 Å². The molecule has 0 bridgehead atoms. The summed E-state index contributed by atoms with van der Waals surface area (Å²) in [6.07, 6.45) is -15.7. The van der Waals surface area contributed by atoms with E-state index in [1.165, 1.54) is 4.98 Å². The van der Waals surface area contributed by atoms with Crippen molar-refractivity contribution in [2.45, 2.75) is 30.7 Å². The average Bonchev–Trinajstić information content (AvgIpc) is 2.71. The zero-order valence-electron chi connectivity index (χ0n) is 11.8. The van der Waals surface area contributed by atoms with Crippen LogP contribution in [0.15, 0.2) is 15.8 Å². The van der Waals surface area contributed by atoms with E-state index >= 15 is 0 Å². The molecular formula is C10H10Cl2F3N2O7P. The first-order chi connectivity index (χ1) is 11.3. The van der Waals surface area contributed by atoms with Gasteiger partial charge in [0.25, 0.3) is 5.56 Å². The van der Waals surface area contributed by atoms with Crippen LogP contribution in [-0.2, 0) is 20.0 Å². The van der Waals surface area contributed by atoms with Gasteiger partial charge in [-0.25, -0.2) is 4.79 Å². The minimum absolute atomic E-state index is 0.152. The van der Waals surface area contributed by atoms with Crippen LogP contribution in [0.4, 0.5) is 13.2 Å². The van der Waals surface area contributed by atoms with Gasteiger partial charge in [-0.1, -0.05) is 0 Å². The second kappa shape index (κ2) is 7.03. The zero-order valence-corrected chi connectivity index (χ0v) is 14.2. The lowest BCUT2D eigenvalue weighted by Gasteiger charge is -2.18. The molecule has 2 rings (SSSR count). The smallest absolute Gasteiger partial charge is 0.387 e. The van der Waals surface area contributed by atoms with Crippen molar-refractivity contribution >= 4 is 28.6 Å². The van der Waals surface area contributed by atoms with Gasteiger partial charge in [0.1, 0.15) is 23.9 Å². The van der Waals surface area contributed by atoms with Gasteiger partial charge in [0.2, 0.25) is 0 Å². The van der Waals surface area contributed by atoms with Crippen molar-refractivity contribution in [1.29, 1.82) is 0 Å². The van der Waals surface area contributed by atoms with E-state index in [-0.39, 0.29) is 10.8 Å². The molecule has 0 saturated carbocycles. The number of rotatable bonds is 4. The largest absolute Gasteiger partial charge is 0.423 e. The number of halogens is 5. The second-order valence-corrected chi connectivity index (χ2v) is 9.24. The van der Waals surface area contributed by atoms with Gasteiger partial charge in [0.15, 0.2) is 6.23 Å². The summed E-state index contributed by atoms with van der Waals surface area (Å²) < 4.78 is 59.2. The van der Waals surface area contributed by atoms with E-state index in [2.05, 4.69) is 4.52 Å². The lowest BCUT2D eigenvalue weighted by molar-refractivity contribution is -0.140. The number of H-pyrrole nitrogens is 1. The average molecular weight is 429 g/mol. The fourth-order valence-electron chi connectivity index (χ4n) is 2.13. The Balaban J connectivity index is 2.34. The van der Waals surface area contributed by atoms with Gasteiger partial charge < -0.3 is 19.5 Å². The SMILES string of the molecule is O=c1[nH]c(=O)n([C@@H]2O[C@H](COP(=O)(Cl)Cl)C(O)C2O)cc1C(F)(F)F. The summed E-state index contributed by atoms with van der Waals surface area (Å²) in [4.78, 5) is 24.4. The predicted octanol–water partition coefficient (Wildman–Crippen LogP) is 0.777. The zero-order chi connectivity index (χ0) is 19.2. The lowest BCUT2D eigenvalue weighted by atomic mass is 10.1. The van der Waals surface area contributed by atoms with Crippen molar-refractivity contribution in [2.24, 2.45) is 0 Å². The normalized spacial score (nSPS) is 27.6. The quantitative estimate of drug-likeness (QED) is 0.603. The van der Waals surface area contributed by atoms with Gasteiger partial charge in [-0.2, -0.15) is 13.2 Å². The molecule has 3 N–H and O–H groups in total. The van der Waals surface area contributed by atoms with Crippen molar-refractivity contribution in [3.05, 3.63) is 32.6 Å². The molecule has 0 radical (unpaired) electrons. The monoisotopic (exact) mass is 428 g/mol. The Bertz CT molecular complexity index is 807. The van der Waals surface area contributed by atoms with E-state index in [1.54, 1.807) is 0 Å². The molecule has 15 heteroatoms. The molecule has 9 nitrogen and oxygen atoms in total. The maximum absolute atomic E-state index is 12.8. The van der Waals surface area contributed by atoms with Crippen molar-refractivity contribution in [3.63, 3.8) is 0 Å². The van der Waals surface area contributed by atoms with Crippen LogP contribution < -0.4 is 11.2 Å². The summed E-state index contributed by atoms with van der Waals surface area (Å²) in [5.41, 5.74) is -4.69. The summed E-state index contributed by atoms with van der Waals surface area (Å²) in [5.74, 6) is 0. The Morgan fingerprint density at radius 3 is 2.44 bits per heavy atom. The lowest BCUT2D eigenvalue weighted by Crippen LogP contribution is -2.40. The van der Waals surface area contributed by atoms with Gasteiger partial charge in [-0.05, 0) is 22.5 Å². The van der Waals surface area contributed by atoms with Gasteiger partial charge >= 0.3 is 17.9 Å². The molecular weight excluding hydrogens is 419 g/mol. The van der Waals surface area contributed by atoms with Gasteiger partial charge in [0.05, 0.1) is 6.61 Å². The van der Waals surface area contributed by atoms with Crippen LogP contribution in [0, 0.1) is 0 Å². The molecule has 142 valence electrons. The van der Waals surface area contributed by atoms with Gasteiger partial charge in [-0.15, -0.1) is 0 Å². The molecule has 25 heavy (non-hydrogen) atoms. The predicted molar refractivity (Wildman–Crippen MR) is 77.5 cm³/mol. The summed E-state index contributed by atoms with van der Waals surface area (Å²) in [6, 6.07) is 0. The third-order valence-electron chi connectivity index (χ3n) is 3.27. The van der Waals surface area contributed by atoms with Crippen LogP contribution in [0.3, 0.4) is 0 Å². The number of aliphatic hydroxyl groups is 2. The Morgan fingerprint density at radius 2 is 1.92 bits per heavy atom. The van der Waals surface area contributed by atoms with Crippen LogP contribution in [-0.4, -0.2) is 44.7 Å². The Kier molecular flexibility index (Phi) is 5.74. The number of hydrogen-bond acceptors (Lipinski definition) is 7. The third kappa shape index (κ3) is 4.64.